The van der Waals surface area contributed by atoms with E-state index in [-0.39, 0.29) is 29.7 Å². The Bertz CT molecular complexity index is 842. The number of amides is 2. The van der Waals surface area contributed by atoms with Crippen molar-refractivity contribution in [1.82, 2.24) is 9.80 Å². The molecule has 0 aromatic heterocycles. The zero-order valence-corrected chi connectivity index (χ0v) is 15.6. The number of benzene rings is 2. The number of nitrogens with zero attached hydrogens (tertiary/aromatic N) is 2. The number of hydrogen-bond acceptors (Lipinski definition) is 4. The summed E-state index contributed by atoms with van der Waals surface area (Å²) in [5.74, 6) is 0.345. The maximum atomic E-state index is 12.5. The van der Waals surface area contributed by atoms with Crippen LogP contribution < -0.4 is 4.74 Å². The fourth-order valence-electron chi connectivity index (χ4n) is 3.02. The Morgan fingerprint density at radius 3 is 2.30 bits per heavy atom. The molecular weight excluding hydrogens is 344 g/mol. The van der Waals surface area contributed by atoms with Crippen LogP contribution in [0.15, 0.2) is 42.5 Å². The number of ether oxygens (including phenoxy) is 1. The first-order valence-electron chi connectivity index (χ1n) is 9.01. The van der Waals surface area contributed by atoms with Gasteiger partial charge in [-0.3, -0.25) is 9.59 Å². The number of rotatable bonds is 4. The van der Waals surface area contributed by atoms with E-state index in [4.69, 9.17) is 4.74 Å². The number of piperazine rings is 1. The van der Waals surface area contributed by atoms with Gasteiger partial charge in [0.05, 0.1) is 5.56 Å². The van der Waals surface area contributed by atoms with E-state index in [1.54, 1.807) is 28.0 Å². The van der Waals surface area contributed by atoms with Crippen LogP contribution in [0.4, 0.5) is 0 Å². The van der Waals surface area contributed by atoms with E-state index in [0.717, 1.165) is 5.56 Å². The SMILES string of the molecule is Cc1ccc(OCC(=O)N2CCN(C(=O)c3ccccc3O)CC2)cc1C. The molecule has 0 spiro atoms. The number of phenols is 1. The summed E-state index contributed by atoms with van der Waals surface area (Å²) in [6.07, 6.45) is 0. The standard InChI is InChI=1S/C21H24N2O4/c1-15-7-8-17(13-16(15)2)27-14-20(25)22-9-11-23(12-10-22)21(26)18-5-3-4-6-19(18)24/h3-8,13,24H,9-12,14H2,1-2H3. The zero-order chi connectivity index (χ0) is 19.4. The minimum atomic E-state index is -0.216. The second-order valence-electron chi connectivity index (χ2n) is 6.72. The van der Waals surface area contributed by atoms with E-state index in [1.807, 2.05) is 32.0 Å². The predicted molar refractivity (Wildman–Crippen MR) is 102 cm³/mol. The van der Waals surface area contributed by atoms with E-state index in [1.165, 1.54) is 11.6 Å². The van der Waals surface area contributed by atoms with Gasteiger partial charge in [0, 0.05) is 26.2 Å². The Kier molecular flexibility index (Phi) is 5.64. The third-order valence-corrected chi connectivity index (χ3v) is 4.89. The van der Waals surface area contributed by atoms with Gasteiger partial charge in [-0.1, -0.05) is 18.2 Å². The van der Waals surface area contributed by atoms with Crippen LogP contribution in [-0.2, 0) is 4.79 Å². The van der Waals surface area contributed by atoms with Crippen molar-refractivity contribution in [1.29, 1.82) is 0 Å². The highest BCUT2D eigenvalue weighted by atomic mass is 16.5. The molecule has 1 N–H and O–H groups in total. The molecular formula is C21H24N2O4. The predicted octanol–water partition coefficient (Wildman–Crippen LogP) is 2.37. The number of aromatic hydroxyl groups is 1. The first kappa shape index (κ1) is 18.8. The number of para-hydroxylation sites is 1. The molecule has 0 saturated carbocycles. The van der Waals surface area contributed by atoms with Crippen molar-refractivity contribution in [3.8, 4) is 11.5 Å². The topological polar surface area (TPSA) is 70.1 Å². The van der Waals surface area contributed by atoms with E-state index in [9.17, 15) is 14.7 Å². The van der Waals surface area contributed by atoms with Gasteiger partial charge in [0.15, 0.2) is 6.61 Å². The molecule has 2 aromatic carbocycles. The summed E-state index contributed by atoms with van der Waals surface area (Å²) in [6, 6.07) is 12.3. The largest absolute Gasteiger partial charge is 0.507 e. The van der Waals surface area contributed by atoms with Crippen LogP contribution in [0.25, 0.3) is 0 Å². The molecule has 2 amide bonds. The summed E-state index contributed by atoms with van der Waals surface area (Å²) in [4.78, 5) is 28.2. The van der Waals surface area contributed by atoms with Gasteiger partial charge < -0.3 is 19.6 Å². The molecule has 1 fully saturated rings. The van der Waals surface area contributed by atoms with Gasteiger partial charge >= 0.3 is 0 Å². The molecule has 0 radical (unpaired) electrons. The summed E-state index contributed by atoms with van der Waals surface area (Å²) in [6.45, 7) is 5.79. The van der Waals surface area contributed by atoms with E-state index >= 15 is 0 Å². The quantitative estimate of drug-likeness (QED) is 0.900. The van der Waals surface area contributed by atoms with Crippen LogP contribution in [0.2, 0.25) is 0 Å². The second-order valence-corrected chi connectivity index (χ2v) is 6.72. The molecule has 0 aliphatic carbocycles. The molecule has 6 heteroatoms. The number of carbonyl (C=O) groups excluding carboxylic acids is 2. The molecule has 3 rings (SSSR count). The van der Waals surface area contributed by atoms with Crippen LogP contribution >= 0.6 is 0 Å². The van der Waals surface area contributed by atoms with Crippen LogP contribution in [0.3, 0.4) is 0 Å². The van der Waals surface area contributed by atoms with Gasteiger partial charge in [-0.15, -0.1) is 0 Å². The second kappa shape index (κ2) is 8.12. The van der Waals surface area contributed by atoms with Crippen molar-refractivity contribution in [2.24, 2.45) is 0 Å². The molecule has 27 heavy (non-hydrogen) atoms. The van der Waals surface area contributed by atoms with Gasteiger partial charge in [0.2, 0.25) is 0 Å². The van der Waals surface area contributed by atoms with Gasteiger partial charge in [0.1, 0.15) is 11.5 Å². The van der Waals surface area contributed by atoms with Crippen molar-refractivity contribution in [3.63, 3.8) is 0 Å². The Balaban J connectivity index is 1.51. The minimum Gasteiger partial charge on any atom is -0.507 e. The van der Waals surface area contributed by atoms with Crippen molar-refractivity contribution >= 4 is 11.8 Å². The number of carbonyl (C=O) groups is 2. The molecule has 142 valence electrons. The van der Waals surface area contributed by atoms with E-state index < -0.39 is 0 Å². The number of phenolic OH excluding ortho intramolecular Hbond substituents is 1. The molecule has 0 unspecified atom stereocenters. The highest BCUT2D eigenvalue weighted by Gasteiger charge is 2.26. The Morgan fingerprint density at radius 1 is 0.963 bits per heavy atom. The zero-order valence-electron chi connectivity index (χ0n) is 15.6. The fourth-order valence-corrected chi connectivity index (χ4v) is 3.02. The summed E-state index contributed by atoms with van der Waals surface area (Å²) in [5.41, 5.74) is 2.59. The molecule has 0 bridgehead atoms. The van der Waals surface area contributed by atoms with Crippen molar-refractivity contribution in [3.05, 3.63) is 59.2 Å². The minimum absolute atomic E-state index is 0.0179. The van der Waals surface area contributed by atoms with Crippen LogP contribution in [0.1, 0.15) is 21.5 Å². The molecule has 1 saturated heterocycles. The Morgan fingerprint density at radius 2 is 1.63 bits per heavy atom. The first-order chi connectivity index (χ1) is 13.0. The van der Waals surface area contributed by atoms with Crippen LogP contribution in [0.5, 0.6) is 11.5 Å². The summed E-state index contributed by atoms with van der Waals surface area (Å²) in [7, 11) is 0. The average Bonchev–Trinajstić information content (AvgIpc) is 2.68. The smallest absolute Gasteiger partial charge is 0.260 e. The van der Waals surface area contributed by atoms with E-state index in [0.29, 0.717) is 31.9 Å². The Labute approximate surface area is 159 Å². The maximum Gasteiger partial charge on any atom is 0.260 e. The summed E-state index contributed by atoms with van der Waals surface area (Å²) < 4.78 is 5.61. The Hall–Kier alpha value is -3.02. The normalized spacial score (nSPS) is 14.1. The van der Waals surface area contributed by atoms with Gasteiger partial charge in [-0.25, -0.2) is 0 Å². The van der Waals surface area contributed by atoms with E-state index in [2.05, 4.69) is 0 Å². The lowest BCUT2D eigenvalue weighted by Gasteiger charge is -2.34. The molecule has 6 nitrogen and oxygen atoms in total. The number of hydrogen-bond donors (Lipinski definition) is 1. The lowest BCUT2D eigenvalue weighted by Crippen LogP contribution is -2.51. The first-order valence-corrected chi connectivity index (χ1v) is 9.01. The van der Waals surface area contributed by atoms with Gasteiger partial charge in [0.25, 0.3) is 11.8 Å². The summed E-state index contributed by atoms with van der Waals surface area (Å²) >= 11 is 0. The van der Waals surface area contributed by atoms with Crippen molar-refractivity contribution in [2.75, 3.05) is 32.8 Å². The lowest BCUT2D eigenvalue weighted by atomic mass is 10.1. The highest BCUT2D eigenvalue weighted by molar-refractivity contribution is 5.97. The fraction of sp³-hybridized carbons (Fsp3) is 0.333. The third-order valence-electron chi connectivity index (χ3n) is 4.89. The van der Waals surface area contributed by atoms with Crippen molar-refractivity contribution < 1.29 is 19.4 Å². The molecule has 2 aromatic rings. The van der Waals surface area contributed by atoms with Gasteiger partial charge in [-0.05, 0) is 49.2 Å². The molecule has 1 aliphatic rings. The molecule has 1 aliphatic heterocycles. The third kappa shape index (κ3) is 4.39. The van der Waals surface area contributed by atoms with Crippen LogP contribution in [0, 0.1) is 13.8 Å². The molecule has 0 atom stereocenters. The number of aryl methyl sites for hydroxylation is 2. The van der Waals surface area contributed by atoms with Gasteiger partial charge in [-0.2, -0.15) is 0 Å². The van der Waals surface area contributed by atoms with Crippen molar-refractivity contribution in [2.45, 2.75) is 13.8 Å². The maximum absolute atomic E-state index is 12.5. The molecule has 1 heterocycles. The van der Waals surface area contributed by atoms with Crippen LogP contribution in [-0.4, -0.2) is 59.5 Å². The average molecular weight is 368 g/mol. The highest BCUT2D eigenvalue weighted by Crippen LogP contribution is 2.19. The monoisotopic (exact) mass is 368 g/mol. The summed E-state index contributed by atoms with van der Waals surface area (Å²) in [5, 5.41) is 9.84. The lowest BCUT2D eigenvalue weighted by molar-refractivity contribution is -0.134.